The lowest BCUT2D eigenvalue weighted by Gasteiger charge is -2.28. The Morgan fingerprint density at radius 1 is 0.810 bits per heavy atom. The maximum absolute atomic E-state index is 13.2. The maximum atomic E-state index is 13.2. The van der Waals surface area contributed by atoms with Crippen LogP contribution in [0.15, 0.2) is 36.7 Å². The molecule has 0 saturated carbocycles. The van der Waals surface area contributed by atoms with Gasteiger partial charge in [-0.3, -0.25) is 53.2 Å². The Balaban J connectivity index is 1.17. The zero-order chi connectivity index (χ0) is 45.7. The van der Waals surface area contributed by atoms with Gasteiger partial charge in [0.05, 0.1) is 61.8 Å². The third-order valence-electron chi connectivity index (χ3n) is 10.0. The second-order valence-electron chi connectivity index (χ2n) is 14.8. The second kappa shape index (κ2) is 25.4. The molecule has 3 heterocycles. The molecule has 1 fully saturated rings. The number of amides is 4. The van der Waals surface area contributed by atoms with Gasteiger partial charge in [0.15, 0.2) is 5.69 Å². The van der Waals surface area contributed by atoms with E-state index in [1.165, 1.54) is 28.0 Å². The van der Waals surface area contributed by atoms with E-state index >= 15 is 0 Å². The first kappa shape index (κ1) is 49.0. The van der Waals surface area contributed by atoms with Gasteiger partial charge in [-0.1, -0.05) is 12.1 Å². The minimum atomic E-state index is -1.06. The Bertz CT molecular complexity index is 2110. The number of nitrogens with one attached hydrogen (secondary N) is 4. The zero-order valence-electron chi connectivity index (χ0n) is 35.2. The van der Waals surface area contributed by atoms with Crippen molar-refractivity contribution in [2.75, 3.05) is 98.2 Å². The Labute approximate surface area is 363 Å². The summed E-state index contributed by atoms with van der Waals surface area (Å²) in [6.07, 6.45) is 5.38. The van der Waals surface area contributed by atoms with E-state index in [9.17, 15) is 49.0 Å². The number of carbonyl (C=O) groups excluding carboxylic acids is 4. The maximum Gasteiger partial charge on any atom is 0.317 e. The molecule has 340 valence electrons. The Hall–Kier alpha value is -6.61. The zero-order valence-corrected chi connectivity index (χ0v) is 35.2. The highest BCUT2D eigenvalue weighted by Gasteiger charge is 2.28. The number of aromatic nitrogens is 4. The van der Waals surface area contributed by atoms with Crippen LogP contribution in [0.1, 0.15) is 53.5 Å². The summed E-state index contributed by atoms with van der Waals surface area (Å²) < 4.78 is 1.37. The number of benzene rings is 1. The number of carboxylic acids is 3. The molecule has 63 heavy (non-hydrogen) atoms. The van der Waals surface area contributed by atoms with Crippen molar-refractivity contribution in [2.24, 2.45) is 0 Å². The normalized spacial score (nSPS) is 13.6. The van der Waals surface area contributed by atoms with E-state index in [0.29, 0.717) is 55.6 Å². The topological polar surface area (TPSA) is 309 Å². The standard InChI is InChI=1S/C40H55N13O10/c1-2-13-49(25-36(56)57)16-18-51(27-38(60)61)19-17-50(26-37(58)59)15-12-42-22-34(54)44-9-4-10-45-40(63)33-24-53(48-47-33)28-6-7-32-31(20-28)30(8-11-43-32)39(62)46-23-35(55)52-14-3-5-29(52)21-41/h6-8,11,20,24,29,42H,2-5,9-10,12-19,22-23,25-27H2,1H3,(H,44,54)(H,45,63)(H,46,62)(H,56,57)(H,58,59)(H,60,61)/t29-/m0/s1. The largest absolute Gasteiger partial charge is 0.480 e. The van der Waals surface area contributed by atoms with E-state index in [0.717, 1.165) is 12.8 Å². The summed E-state index contributed by atoms with van der Waals surface area (Å²) in [6.45, 7) is 4.01. The Morgan fingerprint density at radius 3 is 2.11 bits per heavy atom. The Kier molecular flexibility index (Phi) is 19.7. The molecule has 1 saturated heterocycles. The molecule has 4 rings (SSSR count). The predicted octanol–water partition coefficient (Wildman–Crippen LogP) is -1.54. The summed E-state index contributed by atoms with van der Waals surface area (Å²) in [6, 6.07) is 8.20. The quantitative estimate of drug-likeness (QED) is 0.0407. The molecule has 1 aliphatic rings. The minimum Gasteiger partial charge on any atom is -0.480 e. The number of carbonyl (C=O) groups is 7. The van der Waals surface area contributed by atoms with Gasteiger partial charge in [-0.15, -0.1) is 5.10 Å². The summed E-state index contributed by atoms with van der Waals surface area (Å²) in [5.74, 6) is -4.73. The average molecular weight is 878 g/mol. The van der Waals surface area contributed by atoms with Crippen molar-refractivity contribution in [1.82, 2.24) is 60.8 Å². The second-order valence-corrected chi connectivity index (χ2v) is 14.8. The minimum absolute atomic E-state index is 0.0319. The van der Waals surface area contributed by atoms with Crippen molar-refractivity contribution < 1.29 is 48.9 Å². The van der Waals surface area contributed by atoms with Gasteiger partial charge in [-0.2, -0.15) is 5.26 Å². The van der Waals surface area contributed by atoms with Crippen LogP contribution in [0.2, 0.25) is 0 Å². The molecule has 4 amide bonds. The average Bonchev–Trinajstić information content (AvgIpc) is 3.95. The highest BCUT2D eigenvalue weighted by molar-refractivity contribution is 6.07. The molecule has 1 aliphatic heterocycles. The number of fused-ring (bicyclic) bond motifs is 1. The highest BCUT2D eigenvalue weighted by atomic mass is 16.4. The van der Waals surface area contributed by atoms with E-state index in [-0.39, 0.29) is 95.1 Å². The molecule has 0 radical (unpaired) electrons. The van der Waals surface area contributed by atoms with Crippen molar-refractivity contribution in [3.05, 3.63) is 47.9 Å². The van der Waals surface area contributed by atoms with Gasteiger partial charge >= 0.3 is 17.9 Å². The van der Waals surface area contributed by atoms with Crippen LogP contribution in [0, 0.1) is 11.3 Å². The lowest BCUT2D eigenvalue weighted by molar-refractivity contribution is -0.140. The van der Waals surface area contributed by atoms with Gasteiger partial charge in [0.1, 0.15) is 6.04 Å². The van der Waals surface area contributed by atoms with Crippen molar-refractivity contribution in [2.45, 2.75) is 38.6 Å². The summed E-state index contributed by atoms with van der Waals surface area (Å²) >= 11 is 0. The number of likely N-dealkylation sites (tertiary alicyclic amines) is 1. The van der Waals surface area contributed by atoms with Gasteiger partial charge < -0.3 is 41.5 Å². The molecule has 2 aromatic heterocycles. The van der Waals surface area contributed by atoms with Crippen LogP contribution in [0.3, 0.4) is 0 Å². The van der Waals surface area contributed by atoms with Crippen LogP contribution in [-0.2, 0) is 24.0 Å². The van der Waals surface area contributed by atoms with E-state index in [1.54, 1.807) is 32.9 Å². The van der Waals surface area contributed by atoms with E-state index in [2.05, 4.69) is 42.6 Å². The number of pyridine rings is 1. The monoisotopic (exact) mass is 877 g/mol. The number of hydrogen-bond donors (Lipinski definition) is 7. The van der Waals surface area contributed by atoms with Crippen LogP contribution >= 0.6 is 0 Å². The number of hydrogen-bond acceptors (Lipinski definition) is 15. The van der Waals surface area contributed by atoms with E-state index < -0.39 is 35.8 Å². The van der Waals surface area contributed by atoms with Gasteiger partial charge in [-0.05, 0) is 56.5 Å². The fourth-order valence-corrected chi connectivity index (χ4v) is 6.90. The van der Waals surface area contributed by atoms with Crippen LogP contribution in [0.25, 0.3) is 16.6 Å². The molecule has 1 atom stereocenters. The van der Waals surface area contributed by atoms with Gasteiger partial charge in [0.2, 0.25) is 11.8 Å². The fraction of sp³-hybridized carbons (Fsp3) is 0.525. The van der Waals surface area contributed by atoms with E-state index in [1.807, 2.05) is 6.92 Å². The number of aliphatic carboxylic acids is 3. The van der Waals surface area contributed by atoms with Crippen LogP contribution in [0.4, 0.5) is 0 Å². The van der Waals surface area contributed by atoms with Crippen LogP contribution in [0.5, 0.6) is 0 Å². The van der Waals surface area contributed by atoms with Crippen molar-refractivity contribution >= 4 is 52.4 Å². The molecular formula is C40H55N13O10. The van der Waals surface area contributed by atoms with Crippen LogP contribution < -0.4 is 21.3 Å². The SMILES string of the molecule is CCCN(CCN(CCN(CCNCC(=O)NCCCNC(=O)c1cn(-c2ccc3nccc(C(=O)NCC(=O)N4CCC[C@H]4C#N)c3c2)nn1)CC(=O)O)CC(=O)O)CC(=O)O. The summed E-state index contributed by atoms with van der Waals surface area (Å²) in [7, 11) is 0. The highest BCUT2D eigenvalue weighted by Crippen LogP contribution is 2.21. The molecule has 23 heteroatoms. The molecule has 0 bridgehead atoms. The van der Waals surface area contributed by atoms with E-state index in [4.69, 9.17) is 5.11 Å². The molecule has 23 nitrogen and oxygen atoms in total. The molecule has 1 aromatic carbocycles. The van der Waals surface area contributed by atoms with Crippen molar-refractivity contribution in [1.29, 1.82) is 5.26 Å². The third kappa shape index (κ3) is 16.3. The van der Waals surface area contributed by atoms with Crippen molar-refractivity contribution in [3.63, 3.8) is 0 Å². The third-order valence-corrected chi connectivity index (χ3v) is 10.0. The first-order valence-electron chi connectivity index (χ1n) is 20.6. The number of nitrogens with zero attached hydrogens (tertiary/aromatic N) is 9. The lowest BCUT2D eigenvalue weighted by Crippen LogP contribution is -2.45. The smallest absolute Gasteiger partial charge is 0.317 e. The number of carboxylic acid groups (broad SMARTS) is 3. The molecule has 0 spiro atoms. The molecule has 3 aromatic rings. The van der Waals surface area contributed by atoms with Crippen molar-refractivity contribution in [3.8, 4) is 11.8 Å². The fourth-order valence-electron chi connectivity index (χ4n) is 6.90. The lowest BCUT2D eigenvalue weighted by atomic mass is 10.1. The summed E-state index contributed by atoms with van der Waals surface area (Å²) in [5, 5.41) is 56.8. The molecule has 0 aliphatic carbocycles. The van der Waals surface area contributed by atoms with Gasteiger partial charge in [0.25, 0.3) is 11.8 Å². The predicted molar refractivity (Wildman–Crippen MR) is 225 cm³/mol. The first-order valence-corrected chi connectivity index (χ1v) is 20.6. The van der Waals surface area contributed by atoms with Gasteiger partial charge in [0, 0.05) is 70.5 Å². The summed E-state index contributed by atoms with van der Waals surface area (Å²) in [5.41, 5.74) is 1.32. The molecular weight excluding hydrogens is 823 g/mol. The van der Waals surface area contributed by atoms with Gasteiger partial charge in [-0.25, -0.2) is 4.68 Å². The summed E-state index contributed by atoms with van der Waals surface area (Å²) in [4.78, 5) is 96.0. The molecule has 7 N–H and O–H groups in total. The van der Waals surface area contributed by atoms with Crippen LogP contribution in [-0.4, -0.2) is 201 Å². The number of rotatable bonds is 28. The Morgan fingerprint density at radius 2 is 1.46 bits per heavy atom. The molecule has 0 unspecified atom stereocenters. The number of nitriles is 1. The first-order chi connectivity index (χ1) is 30.3.